The summed E-state index contributed by atoms with van der Waals surface area (Å²) in [6.45, 7) is 0.287. The third-order valence-electron chi connectivity index (χ3n) is 2.69. The van der Waals surface area contributed by atoms with Gasteiger partial charge in [0.25, 0.3) is 10.0 Å². The van der Waals surface area contributed by atoms with Crippen molar-refractivity contribution in [3.8, 4) is 0 Å². The lowest BCUT2D eigenvalue weighted by Crippen LogP contribution is -2.14. The van der Waals surface area contributed by atoms with E-state index in [-0.39, 0.29) is 11.4 Å². The number of halogens is 3. The first kappa shape index (κ1) is 17.0. The zero-order valence-corrected chi connectivity index (χ0v) is 16.2. The van der Waals surface area contributed by atoms with Crippen molar-refractivity contribution >= 4 is 63.5 Å². The van der Waals surface area contributed by atoms with Gasteiger partial charge in [-0.15, -0.1) is 0 Å². The molecule has 8 heteroatoms. The van der Waals surface area contributed by atoms with Crippen LogP contribution in [0.5, 0.6) is 0 Å². The van der Waals surface area contributed by atoms with Crippen LogP contribution in [0.2, 0.25) is 0 Å². The van der Waals surface area contributed by atoms with Crippen molar-refractivity contribution in [3.63, 3.8) is 0 Å². The third kappa shape index (κ3) is 4.07. The van der Waals surface area contributed by atoms with Crippen molar-refractivity contribution in [1.82, 2.24) is 0 Å². The molecule has 0 amide bonds. The van der Waals surface area contributed by atoms with E-state index in [1.54, 1.807) is 30.3 Å². The van der Waals surface area contributed by atoms with Crippen LogP contribution in [0.15, 0.2) is 54.7 Å². The fourth-order valence-electron chi connectivity index (χ4n) is 1.67. The number of hydrogen-bond donors (Lipinski definition) is 2. The van der Waals surface area contributed by atoms with E-state index in [0.29, 0.717) is 14.6 Å². The molecule has 4 nitrogen and oxygen atoms in total. The van der Waals surface area contributed by atoms with Crippen molar-refractivity contribution < 1.29 is 8.42 Å². The Balaban J connectivity index is 2.42. The van der Waals surface area contributed by atoms with Gasteiger partial charge in [-0.25, -0.2) is 8.42 Å². The summed E-state index contributed by atoms with van der Waals surface area (Å²) in [4.78, 5) is 0.173. The minimum Gasteiger partial charge on any atom is -0.326 e. The minimum atomic E-state index is -3.68. The molecule has 2 aromatic rings. The second kappa shape index (κ2) is 6.78. The number of nitrogens with two attached hydrogens (primary N) is 1. The average molecular weight is 499 g/mol. The molecule has 2 aromatic carbocycles. The Morgan fingerprint density at radius 3 is 2.24 bits per heavy atom. The van der Waals surface area contributed by atoms with Gasteiger partial charge in [-0.05, 0) is 61.7 Å². The molecule has 0 atom stereocenters. The first-order valence-electron chi connectivity index (χ1n) is 5.80. The molecule has 0 bridgehead atoms. The summed E-state index contributed by atoms with van der Waals surface area (Å²) in [7, 11) is -3.68. The number of nitrogens with one attached hydrogen (secondary N) is 1. The Kier molecular flexibility index (Phi) is 5.48. The van der Waals surface area contributed by atoms with Crippen molar-refractivity contribution in [2.45, 2.75) is 11.4 Å². The summed E-state index contributed by atoms with van der Waals surface area (Å²) in [5, 5.41) is 0. The predicted molar refractivity (Wildman–Crippen MR) is 94.7 cm³/mol. The van der Waals surface area contributed by atoms with Crippen LogP contribution in [-0.2, 0) is 16.6 Å². The molecule has 0 radical (unpaired) electrons. The second-order valence-corrected chi connectivity index (χ2v) is 8.51. The Morgan fingerprint density at radius 1 is 1.05 bits per heavy atom. The topological polar surface area (TPSA) is 72.2 Å². The molecule has 0 spiro atoms. The molecular formula is C13H11Br3N2O2S. The molecule has 0 fully saturated rings. The maximum atomic E-state index is 12.5. The van der Waals surface area contributed by atoms with Gasteiger partial charge in [0.1, 0.15) is 0 Å². The van der Waals surface area contributed by atoms with Crippen LogP contribution in [0.4, 0.5) is 5.69 Å². The van der Waals surface area contributed by atoms with Crippen molar-refractivity contribution in [1.29, 1.82) is 0 Å². The highest BCUT2D eigenvalue weighted by Crippen LogP contribution is 2.35. The number of sulfonamides is 1. The minimum absolute atomic E-state index is 0.173. The molecule has 0 aromatic heterocycles. The highest BCUT2D eigenvalue weighted by molar-refractivity contribution is 9.11. The summed E-state index contributed by atoms with van der Waals surface area (Å²) >= 11 is 10.0. The molecule has 112 valence electrons. The predicted octanol–water partition coefficient (Wildman–Crippen LogP) is 4.23. The Bertz CT molecular complexity index is 756. The van der Waals surface area contributed by atoms with Crippen LogP contribution < -0.4 is 10.5 Å². The standard InChI is InChI=1S/C13H11Br3N2O2S/c14-9-5-11(15)13(12(16)6-9)18-21(19,20)10-3-1-2-8(4-10)7-17/h1-6,18H,7,17H2. The Hall–Kier alpha value is -0.410. The number of benzene rings is 2. The van der Waals surface area contributed by atoms with Gasteiger partial charge in [0.15, 0.2) is 0 Å². The summed E-state index contributed by atoms with van der Waals surface area (Å²) in [6, 6.07) is 10.1. The largest absolute Gasteiger partial charge is 0.326 e. The molecular weight excluding hydrogens is 488 g/mol. The lowest BCUT2D eigenvalue weighted by atomic mass is 10.2. The molecule has 0 saturated carbocycles. The van der Waals surface area contributed by atoms with E-state index in [4.69, 9.17) is 5.73 Å². The first-order chi connectivity index (χ1) is 9.83. The van der Waals surface area contributed by atoms with Gasteiger partial charge < -0.3 is 5.73 Å². The molecule has 0 saturated heterocycles. The monoisotopic (exact) mass is 496 g/mol. The van der Waals surface area contributed by atoms with Crippen LogP contribution in [0.25, 0.3) is 0 Å². The highest BCUT2D eigenvalue weighted by atomic mass is 79.9. The van der Waals surface area contributed by atoms with Gasteiger partial charge in [0.05, 0.1) is 10.6 Å². The van der Waals surface area contributed by atoms with Crippen molar-refractivity contribution in [3.05, 3.63) is 55.4 Å². The number of rotatable bonds is 4. The van der Waals surface area contributed by atoms with E-state index in [2.05, 4.69) is 52.5 Å². The maximum Gasteiger partial charge on any atom is 0.261 e. The smallest absolute Gasteiger partial charge is 0.261 e. The normalized spacial score (nSPS) is 11.4. The number of hydrogen-bond acceptors (Lipinski definition) is 3. The van der Waals surface area contributed by atoms with E-state index in [9.17, 15) is 8.42 Å². The van der Waals surface area contributed by atoms with E-state index in [1.807, 2.05) is 0 Å². The summed E-state index contributed by atoms with van der Waals surface area (Å²) in [5.41, 5.74) is 6.74. The second-order valence-electron chi connectivity index (χ2n) is 4.20. The lowest BCUT2D eigenvalue weighted by molar-refractivity contribution is 0.601. The van der Waals surface area contributed by atoms with Gasteiger partial charge in [0.2, 0.25) is 0 Å². The van der Waals surface area contributed by atoms with E-state index < -0.39 is 10.0 Å². The molecule has 0 aliphatic heterocycles. The maximum absolute atomic E-state index is 12.5. The molecule has 0 unspecified atom stereocenters. The van der Waals surface area contributed by atoms with Gasteiger partial charge in [-0.3, -0.25) is 4.72 Å². The van der Waals surface area contributed by atoms with E-state index in [0.717, 1.165) is 10.0 Å². The van der Waals surface area contributed by atoms with E-state index >= 15 is 0 Å². The molecule has 3 N–H and O–H groups in total. The van der Waals surface area contributed by atoms with Crippen LogP contribution in [0.3, 0.4) is 0 Å². The summed E-state index contributed by atoms with van der Waals surface area (Å²) in [6.07, 6.45) is 0. The summed E-state index contributed by atoms with van der Waals surface area (Å²) in [5.74, 6) is 0. The van der Waals surface area contributed by atoms with Gasteiger partial charge in [-0.2, -0.15) is 0 Å². The fraction of sp³-hybridized carbons (Fsp3) is 0.0769. The molecule has 0 heterocycles. The molecule has 2 rings (SSSR count). The van der Waals surface area contributed by atoms with Gasteiger partial charge in [-0.1, -0.05) is 28.1 Å². The van der Waals surface area contributed by atoms with Gasteiger partial charge in [0, 0.05) is 20.0 Å². The van der Waals surface area contributed by atoms with Crippen LogP contribution >= 0.6 is 47.8 Å². The van der Waals surface area contributed by atoms with E-state index in [1.165, 1.54) is 6.07 Å². The van der Waals surface area contributed by atoms with Gasteiger partial charge >= 0.3 is 0 Å². The van der Waals surface area contributed by atoms with Crippen LogP contribution in [0.1, 0.15) is 5.56 Å². The Labute approximate surface area is 148 Å². The quantitative estimate of drug-likeness (QED) is 0.662. The lowest BCUT2D eigenvalue weighted by Gasteiger charge is -2.12. The first-order valence-corrected chi connectivity index (χ1v) is 9.66. The fourth-order valence-corrected chi connectivity index (χ4v) is 5.56. The zero-order chi connectivity index (χ0) is 15.6. The average Bonchev–Trinajstić information content (AvgIpc) is 2.43. The summed E-state index contributed by atoms with van der Waals surface area (Å²) < 4.78 is 29.6. The van der Waals surface area contributed by atoms with Crippen LogP contribution in [-0.4, -0.2) is 8.42 Å². The van der Waals surface area contributed by atoms with Crippen LogP contribution in [0, 0.1) is 0 Å². The van der Waals surface area contributed by atoms with Crippen molar-refractivity contribution in [2.75, 3.05) is 4.72 Å². The SMILES string of the molecule is NCc1cccc(S(=O)(=O)Nc2c(Br)cc(Br)cc2Br)c1. The molecule has 0 aliphatic rings. The zero-order valence-electron chi connectivity index (χ0n) is 10.6. The van der Waals surface area contributed by atoms with Crippen molar-refractivity contribution in [2.24, 2.45) is 5.73 Å². The third-order valence-corrected chi connectivity index (χ3v) is 5.74. The highest BCUT2D eigenvalue weighted by Gasteiger charge is 2.18. The molecule has 0 aliphatic carbocycles. The number of anilines is 1. The molecule has 21 heavy (non-hydrogen) atoms. The Morgan fingerprint density at radius 2 is 1.67 bits per heavy atom.